The second-order valence-electron chi connectivity index (χ2n) is 9.15. The van der Waals surface area contributed by atoms with E-state index in [1.807, 2.05) is 36.3 Å². The lowest BCUT2D eigenvalue weighted by molar-refractivity contribution is -0.0160. The van der Waals surface area contributed by atoms with Gasteiger partial charge in [-0.15, -0.1) is 0 Å². The van der Waals surface area contributed by atoms with Crippen molar-refractivity contribution in [3.63, 3.8) is 0 Å². The topological polar surface area (TPSA) is 54.7 Å². The van der Waals surface area contributed by atoms with Gasteiger partial charge in [0.2, 0.25) is 0 Å². The Balaban J connectivity index is 2.60. The molecule has 0 aliphatic carbocycles. The Morgan fingerprint density at radius 3 is 2.29 bits per heavy atom. The lowest BCUT2D eigenvalue weighted by Crippen LogP contribution is -2.52. The fourth-order valence-electron chi connectivity index (χ4n) is 3.27. The van der Waals surface area contributed by atoms with Crippen molar-refractivity contribution in [3.05, 3.63) is 23.5 Å². The number of methoxy groups -OCH3 is 1. The summed E-state index contributed by atoms with van der Waals surface area (Å²) < 4.78 is 7.41. The number of carbonyl (C=O) groups is 1. The molecule has 1 aliphatic heterocycles. The van der Waals surface area contributed by atoms with Crippen LogP contribution in [0.1, 0.15) is 57.6 Å². The van der Waals surface area contributed by atoms with E-state index in [2.05, 4.69) is 27.0 Å². The van der Waals surface area contributed by atoms with Crippen LogP contribution in [0.5, 0.6) is 0 Å². The molecule has 2 rings (SSSR count). The molecule has 0 aromatic carbocycles. The average Bonchev–Trinajstić information content (AvgIpc) is 2.82. The van der Waals surface area contributed by atoms with E-state index in [1.54, 1.807) is 7.11 Å². The van der Waals surface area contributed by atoms with E-state index in [-0.39, 0.29) is 23.5 Å². The van der Waals surface area contributed by atoms with E-state index in [0.29, 0.717) is 25.4 Å². The first-order valence-corrected chi connectivity index (χ1v) is 8.56. The molecule has 0 fully saturated rings. The maximum absolute atomic E-state index is 13.2. The number of hydrogen-bond acceptors (Lipinski definition) is 3. The van der Waals surface area contributed by atoms with Crippen molar-refractivity contribution in [2.24, 2.45) is 5.41 Å². The molecule has 1 amide bonds. The summed E-state index contributed by atoms with van der Waals surface area (Å²) >= 11 is 0. The van der Waals surface area contributed by atoms with Gasteiger partial charge in [-0.25, -0.2) is 0 Å². The lowest BCUT2D eigenvalue weighted by Gasteiger charge is -2.40. The molecule has 1 atom stereocenters. The highest BCUT2D eigenvalue weighted by molar-refractivity contribution is 5.94. The summed E-state index contributed by atoms with van der Waals surface area (Å²) in [6.45, 7) is 14.0. The van der Waals surface area contributed by atoms with Crippen LogP contribution in [-0.4, -0.2) is 52.9 Å². The Morgan fingerprint density at radius 2 is 1.83 bits per heavy atom. The van der Waals surface area contributed by atoms with Crippen molar-refractivity contribution in [1.29, 1.82) is 0 Å². The first kappa shape index (κ1) is 19.0. The summed E-state index contributed by atoms with van der Waals surface area (Å²) in [5.41, 5.74) is 0.964. The summed E-state index contributed by atoms with van der Waals surface area (Å²) in [4.78, 5) is 15.1. The van der Waals surface area contributed by atoms with Gasteiger partial charge in [-0.2, -0.15) is 0 Å². The highest BCUT2D eigenvalue weighted by atomic mass is 16.5. The molecular formula is C19H32N2O3. The van der Waals surface area contributed by atoms with Crippen molar-refractivity contribution in [1.82, 2.24) is 9.47 Å². The van der Waals surface area contributed by atoms with E-state index >= 15 is 0 Å². The molecule has 1 aromatic rings. The van der Waals surface area contributed by atoms with Crippen LogP contribution >= 0.6 is 0 Å². The molecule has 5 heteroatoms. The normalized spacial score (nSPS) is 22.5. The number of fused-ring (bicyclic) bond motifs is 1. The number of ether oxygens (including phenoxy) is 1. The average molecular weight is 336 g/mol. The molecule has 136 valence electrons. The molecule has 0 bridgehead atoms. The minimum Gasteiger partial charge on any atom is -0.396 e. The molecule has 0 spiro atoms. The molecule has 1 unspecified atom stereocenters. The van der Waals surface area contributed by atoms with E-state index in [9.17, 15) is 9.90 Å². The predicted molar refractivity (Wildman–Crippen MR) is 95.3 cm³/mol. The first-order valence-electron chi connectivity index (χ1n) is 8.56. The molecule has 2 heterocycles. The molecule has 0 saturated carbocycles. The number of nitrogens with zero attached hydrogens (tertiary/aromatic N) is 2. The summed E-state index contributed by atoms with van der Waals surface area (Å²) in [5, 5.41) is 10.1. The van der Waals surface area contributed by atoms with E-state index in [4.69, 9.17) is 4.74 Å². The van der Waals surface area contributed by atoms with Gasteiger partial charge in [0.1, 0.15) is 5.69 Å². The smallest absolute Gasteiger partial charge is 0.270 e. The summed E-state index contributed by atoms with van der Waals surface area (Å²) in [7, 11) is 1.64. The van der Waals surface area contributed by atoms with Gasteiger partial charge in [0.05, 0.1) is 18.6 Å². The first-order chi connectivity index (χ1) is 10.9. The van der Waals surface area contributed by atoms with Crippen molar-refractivity contribution in [2.45, 2.75) is 59.0 Å². The maximum atomic E-state index is 13.2. The monoisotopic (exact) mass is 336 g/mol. The van der Waals surface area contributed by atoms with Gasteiger partial charge in [0, 0.05) is 31.9 Å². The van der Waals surface area contributed by atoms with E-state index < -0.39 is 5.41 Å². The Bertz CT molecular complexity index is 607. The number of aliphatic hydroxyl groups excluding tert-OH is 1. The third kappa shape index (κ3) is 3.52. The Kier molecular flexibility index (Phi) is 4.90. The minimum absolute atomic E-state index is 0.0180. The molecule has 0 saturated heterocycles. The number of amides is 1. The second kappa shape index (κ2) is 6.19. The number of rotatable bonds is 3. The van der Waals surface area contributed by atoms with Crippen molar-refractivity contribution in [3.8, 4) is 0 Å². The van der Waals surface area contributed by atoms with Crippen molar-refractivity contribution < 1.29 is 14.6 Å². The number of aromatic nitrogens is 1. The zero-order valence-electron chi connectivity index (χ0n) is 16.1. The molecule has 1 N–H and O–H groups in total. The second-order valence-corrected chi connectivity index (χ2v) is 9.15. The highest BCUT2D eigenvalue weighted by Gasteiger charge is 2.42. The zero-order chi connectivity index (χ0) is 18.3. The maximum Gasteiger partial charge on any atom is 0.270 e. The van der Waals surface area contributed by atoms with Crippen molar-refractivity contribution in [2.75, 3.05) is 26.9 Å². The number of hydrogen-bond donors (Lipinski definition) is 1. The van der Waals surface area contributed by atoms with E-state index in [0.717, 1.165) is 5.56 Å². The van der Waals surface area contributed by atoms with Crippen LogP contribution in [0.15, 0.2) is 12.3 Å². The van der Waals surface area contributed by atoms with Crippen LogP contribution in [0.2, 0.25) is 0 Å². The minimum atomic E-state index is -0.503. The summed E-state index contributed by atoms with van der Waals surface area (Å²) in [6.07, 6.45) is 2.06. The Labute approximate surface area is 145 Å². The van der Waals surface area contributed by atoms with Gasteiger partial charge in [-0.3, -0.25) is 4.79 Å². The molecule has 1 aromatic heterocycles. The Morgan fingerprint density at radius 1 is 1.21 bits per heavy atom. The third-order valence-electron chi connectivity index (χ3n) is 4.82. The van der Waals surface area contributed by atoms with E-state index in [1.165, 1.54) is 0 Å². The zero-order valence-corrected chi connectivity index (χ0v) is 16.1. The quantitative estimate of drug-likeness (QED) is 0.923. The standard InChI is InChI=1S/C19H32N2O3/c1-17(2,3)14-8-15-16(23)21(18(4,5)6)11-19(12-22,13-24-7)10-20(15)9-14/h8-9,22H,10-13H2,1-7H3. The third-order valence-corrected chi connectivity index (χ3v) is 4.82. The van der Waals surface area contributed by atoms with Crippen LogP contribution in [0.4, 0.5) is 0 Å². The molecule has 5 nitrogen and oxygen atoms in total. The number of aliphatic hydroxyl groups is 1. The van der Waals surface area contributed by atoms with Crippen LogP contribution in [-0.2, 0) is 16.7 Å². The Hall–Kier alpha value is -1.33. The largest absolute Gasteiger partial charge is 0.396 e. The highest BCUT2D eigenvalue weighted by Crippen LogP contribution is 2.34. The fraction of sp³-hybridized carbons (Fsp3) is 0.737. The summed E-state index contributed by atoms with van der Waals surface area (Å²) in [5.74, 6) is 0.0180. The van der Waals surface area contributed by atoms with Crippen molar-refractivity contribution >= 4 is 5.91 Å². The van der Waals surface area contributed by atoms with Crippen LogP contribution < -0.4 is 0 Å². The molecular weight excluding hydrogens is 304 g/mol. The SMILES string of the molecule is COCC1(CO)CN(C(C)(C)C)C(=O)c2cc(C(C)(C)C)cn2C1. The fourth-order valence-corrected chi connectivity index (χ4v) is 3.27. The van der Waals surface area contributed by atoms with Gasteiger partial charge < -0.3 is 19.3 Å². The lowest BCUT2D eigenvalue weighted by atomic mass is 9.87. The van der Waals surface area contributed by atoms with Crippen LogP contribution in [0.3, 0.4) is 0 Å². The summed E-state index contributed by atoms with van der Waals surface area (Å²) in [6, 6.07) is 2.00. The van der Waals surface area contributed by atoms with Gasteiger partial charge in [0.25, 0.3) is 5.91 Å². The predicted octanol–water partition coefficient (Wildman–Crippen LogP) is 2.67. The molecule has 0 radical (unpaired) electrons. The van der Waals surface area contributed by atoms with Gasteiger partial charge in [-0.1, -0.05) is 20.8 Å². The molecule has 1 aliphatic rings. The van der Waals surface area contributed by atoms with Crippen LogP contribution in [0.25, 0.3) is 0 Å². The van der Waals surface area contributed by atoms with Gasteiger partial charge in [0.15, 0.2) is 0 Å². The van der Waals surface area contributed by atoms with Gasteiger partial charge in [-0.05, 0) is 37.8 Å². The molecule has 24 heavy (non-hydrogen) atoms. The van der Waals surface area contributed by atoms with Gasteiger partial charge >= 0.3 is 0 Å². The number of carbonyl (C=O) groups excluding carboxylic acids is 1. The van der Waals surface area contributed by atoms with Crippen LogP contribution in [0, 0.1) is 5.41 Å².